The molecule has 3 heteroatoms. The summed E-state index contributed by atoms with van der Waals surface area (Å²) in [7, 11) is 0. The third-order valence-corrected chi connectivity index (χ3v) is 15.0. The molecule has 1 aliphatic rings. The van der Waals surface area contributed by atoms with Gasteiger partial charge in [-0.2, -0.15) is 0 Å². The molecule has 13 aromatic rings. The van der Waals surface area contributed by atoms with Gasteiger partial charge in [-0.1, -0.05) is 184 Å². The van der Waals surface area contributed by atoms with Crippen LogP contribution in [0.3, 0.4) is 0 Å². The van der Waals surface area contributed by atoms with Gasteiger partial charge >= 0.3 is 0 Å². The second-order valence-electron chi connectivity index (χ2n) is 19.3. The number of hydrogen-bond acceptors (Lipinski definition) is 3. The second-order valence-corrected chi connectivity index (χ2v) is 19.3. The van der Waals surface area contributed by atoms with Crippen LogP contribution in [0.15, 0.2) is 247 Å². The highest BCUT2D eigenvalue weighted by atomic mass is 16.3. The zero-order valence-corrected chi connectivity index (χ0v) is 38.9. The topological polar surface area (TPSA) is 19.6 Å². The highest BCUT2D eigenvalue weighted by Crippen LogP contribution is 2.52. The van der Waals surface area contributed by atoms with E-state index in [2.05, 4.69) is 254 Å². The van der Waals surface area contributed by atoms with E-state index in [1.165, 1.54) is 65.3 Å². The number of fused-ring (bicyclic) bond motifs is 12. The first-order valence-corrected chi connectivity index (χ1v) is 24.2. The predicted molar refractivity (Wildman–Crippen MR) is 296 cm³/mol. The van der Waals surface area contributed by atoms with Gasteiger partial charge in [0, 0.05) is 49.7 Å². The van der Waals surface area contributed by atoms with Crippen LogP contribution in [-0.4, -0.2) is 0 Å². The van der Waals surface area contributed by atoms with E-state index >= 15 is 0 Å². The lowest BCUT2D eigenvalue weighted by Gasteiger charge is -2.29. The van der Waals surface area contributed by atoms with E-state index in [9.17, 15) is 0 Å². The van der Waals surface area contributed by atoms with E-state index < -0.39 is 0 Å². The Morgan fingerprint density at radius 1 is 0.300 bits per heavy atom. The summed E-state index contributed by atoms with van der Waals surface area (Å²) in [5, 5.41) is 12.0. The molecule has 0 bridgehead atoms. The fourth-order valence-corrected chi connectivity index (χ4v) is 11.6. The summed E-state index contributed by atoms with van der Waals surface area (Å²) in [6.45, 7) is 4.70. The highest BCUT2D eigenvalue weighted by Gasteiger charge is 2.35. The second kappa shape index (κ2) is 15.6. The van der Waals surface area contributed by atoms with Gasteiger partial charge in [0.1, 0.15) is 11.2 Å². The van der Waals surface area contributed by atoms with Crippen molar-refractivity contribution in [1.29, 1.82) is 0 Å². The standard InChI is InChI=1S/C67H46N2O/c1-67(2)61-25-13-11-21-55(61)59-41-49(35-37-62(59)67)68(63-39-45-15-3-5-17-51(45)53-19-7-9-22-56(53)63)47-31-27-43(28-32-47)44-29-33-48(34-30-44)69(50-36-38-66-60(42-50)58-24-12-14-26-65(58)70-66)64-40-46-16-4-6-18-52(46)54-20-8-10-23-57(54)64/h3-42H,1-2H3. The van der Waals surface area contributed by atoms with Gasteiger partial charge in [-0.15, -0.1) is 0 Å². The molecule has 0 amide bonds. The van der Waals surface area contributed by atoms with Crippen molar-refractivity contribution in [2.24, 2.45) is 0 Å². The first-order chi connectivity index (χ1) is 34.5. The lowest BCUT2D eigenvalue weighted by Crippen LogP contribution is -2.15. The van der Waals surface area contributed by atoms with Gasteiger partial charge in [-0.3, -0.25) is 0 Å². The maximum atomic E-state index is 6.32. The Morgan fingerprint density at radius 3 is 1.33 bits per heavy atom. The molecule has 0 fully saturated rings. The van der Waals surface area contributed by atoms with Gasteiger partial charge in [0.05, 0.1) is 11.4 Å². The largest absolute Gasteiger partial charge is 0.456 e. The van der Waals surface area contributed by atoms with Crippen molar-refractivity contribution in [2.75, 3.05) is 9.80 Å². The van der Waals surface area contributed by atoms with Crippen molar-refractivity contribution in [2.45, 2.75) is 19.3 Å². The van der Waals surface area contributed by atoms with Gasteiger partial charge in [0.15, 0.2) is 0 Å². The minimum Gasteiger partial charge on any atom is -0.456 e. The maximum Gasteiger partial charge on any atom is 0.135 e. The van der Waals surface area contributed by atoms with Crippen molar-refractivity contribution in [3.63, 3.8) is 0 Å². The average Bonchev–Trinajstić information content (AvgIpc) is 3.90. The molecule has 0 spiro atoms. The number of benzene rings is 12. The van der Waals surface area contributed by atoms with Crippen LogP contribution < -0.4 is 9.80 Å². The van der Waals surface area contributed by atoms with E-state index in [0.717, 1.165) is 67.2 Å². The first kappa shape index (κ1) is 40.2. The maximum absolute atomic E-state index is 6.32. The SMILES string of the molecule is CC1(C)c2ccccc2-c2cc(N(c3ccc(-c4ccc(N(c5ccc6oc7ccccc7c6c5)c5cc6ccccc6c6ccccc56)cc4)cc3)c3cc4ccccc4c4ccccc34)ccc21. The smallest absolute Gasteiger partial charge is 0.135 e. The summed E-state index contributed by atoms with van der Waals surface area (Å²) < 4.78 is 6.32. The van der Waals surface area contributed by atoms with E-state index in [1.54, 1.807) is 0 Å². The molecule has 14 rings (SSSR count). The van der Waals surface area contributed by atoms with Crippen LogP contribution in [0.4, 0.5) is 34.1 Å². The molecule has 0 N–H and O–H groups in total. The van der Waals surface area contributed by atoms with E-state index in [-0.39, 0.29) is 5.41 Å². The summed E-state index contributed by atoms with van der Waals surface area (Å²) in [4.78, 5) is 4.87. The molecule has 0 atom stereocenters. The molecule has 12 aromatic carbocycles. The van der Waals surface area contributed by atoms with Crippen molar-refractivity contribution in [1.82, 2.24) is 0 Å². The Hall–Kier alpha value is -8.92. The Kier molecular flexibility index (Phi) is 8.93. The first-order valence-electron chi connectivity index (χ1n) is 24.2. The average molecular weight is 895 g/mol. The lowest BCUT2D eigenvalue weighted by molar-refractivity contribution is 0.660. The van der Waals surface area contributed by atoms with Crippen molar-refractivity contribution in [3.8, 4) is 22.3 Å². The van der Waals surface area contributed by atoms with E-state index in [0.29, 0.717) is 0 Å². The molecular weight excluding hydrogens is 849 g/mol. The molecule has 1 heterocycles. The lowest BCUT2D eigenvalue weighted by atomic mass is 9.82. The molecule has 330 valence electrons. The Morgan fingerprint density at radius 2 is 0.729 bits per heavy atom. The Balaban J connectivity index is 0.896. The summed E-state index contributed by atoms with van der Waals surface area (Å²) in [6.07, 6.45) is 0. The molecule has 1 aliphatic carbocycles. The van der Waals surface area contributed by atoms with Crippen LogP contribution in [0.2, 0.25) is 0 Å². The van der Waals surface area contributed by atoms with Crippen molar-refractivity contribution >= 4 is 99.2 Å². The monoisotopic (exact) mass is 894 g/mol. The number of rotatable bonds is 7. The fraction of sp³-hybridized carbons (Fsp3) is 0.0448. The van der Waals surface area contributed by atoms with E-state index in [1.807, 2.05) is 12.1 Å². The number of para-hydroxylation sites is 1. The normalized spacial score (nSPS) is 12.8. The van der Waals surface area contributed by atoms with Gasteiger partial charge < -0.3 is 14.2 Å². The van der Waals surface area contributed by atoms with Crippen molar-refractivity contribution < 1.29 is 4.42 Å². The summed E-state index contributed by atoms with van der Waals surface area (Å²) in [5.74, 6) is 0. The predicted octanol–water partition coefficient (Wildman–Crippen LogP) is 19.1. The minimum atomic E-state index is -0.0786. The fourth-order valence-electron chi connectivity index (χ4n) is 11.6. The summed E-state index contributed by atoms with van der Waals surface area (Å²) in [6, 6.07) is 88.9. The van der Waals surface area contributed by atoms with Gasteiger partial charge in [-0.05, 0) is 138 Å². The summed E-state index contributed by atoms with van der Waals surface area (Å²) >= 11 is 0. The summed E-state index contributed by atoms with van der Waals surface area (Å²) in [5.41, 5.74) is 16.0. The molecular formula is C67H46N2O. The Bertz CT molecular complexity index is 4220. The van der Waals surface area contributed by atoms with Crippen LogP contribution in [0.25, 0.3) is 87.3 Å². The molecule has 0 saturated heterocycles. The zero-order valence-electron chi connectivity index (χ0n) is 38.9. The zero-order chi connectivity index (χ0) is 46.5. The van der Waals surface area contributed by atoms with Crippen LogP contribution in [0.5, 0.6) is 0 Å². The minimum absolute atomic E-state index is 0.0786. The van der Waals surface area contributed by atoms with Gasteiger partial charge in [-0.25, -0.2) is 0 Å². The third-order valence-electron chi connectivity index (χ3n) is 15.0. The molecule has 3 nitrogen and oxygen atoms in total. The van der Waals surface area contributed by atoms with Gasteiger partial charge in [0.2, 0.25) is 0 Å². The van der Waals surface area contributed by atoms with Crippen molar-refractivity contribution in [3.05, 3.63) is 254 Å². The van der Waals surface area contributed by atoms with Gasteiger partial charge in [0.25, 0.3) is 0 Å². The third kappa shape index (κ3) is 6.21. The molecule has 1 aromatic heterocycles. The highest BCUT2D eigenvalue weighted by molar-refractivity contribution is 6.16. The number of hydrogen-bond donors (Lipinski definition) is 0. The molecule has 70 heavy (non-hydrogen) atoms. The van der Waals surface area contributed by atoms with Crippen LogP contribution in [-0.2, 0) is 5.41 Å². The number of nitrogens with zero attached hydrogens (tertiary/aromatic N) is 2. The molecule has 0 radical (unpaired) electrons. The molecule has 0 unspecified atom stereocenters. The van der Waals surface area contributed by atoms with Crippen LogP contribution in [0.1, 0.15) is 25.0 Å². The Labute approximate surface area is 406 Å². The quantitative estimate of drug-likeness (QED) is 0.149. The van der Waals surface area contributed by atoms with Crippen LogP contribution in [0, 0.1) is 0 Å². The number of furan rings is 1. The molecule has 0 aliphatic heterocycles. The molecule has 0 saturated carbocycles. The number of anilines is 6. The van der Waals surface area contributed by atoms with E-state index in [4.69, 9.17) is 4.42 Å². The van der Waals surface area contributed by atoms with Crippen LogP contribution >= 0.6 is 0 Å².